The average Bonchev–Trinajstić information content (AvgIpc) is 2.64. The zero-order valence-corrected chi connectivity index (χ0v) is 9.50. The van der Waals surface area contributed by atoms with E-state index in [-0.39, 0.29) is 6.61 Å². The number of carbonyl (C=O) groups is 1. The average molecular weight is 232 g/mol. The number of carbonyl (C=O) groups excluding carboxylic acids is 1. The number of fused-ring (bicyclic) bond motifs is 1. The molecule has 3 atom stereocenters. The van der Waals surface area contributed by atoms with Crippen molar-refractivity contribution < 1.29 is 20.5 Å². The molecule has 1 fully saturated rings. The van der Waals surface area contributed by atoms with Crippen LogP contribution in [-0.2, 0) is 9.53 Å². The molecule has 1 saturated heterocycles. The van der Waals surface area contributed by atoms with Gasteiger partial charge in [0.2, 0.25) is 0 Å². The van der Waals surface area contributed by atoms with Gasteiger partial charge in [0.25, 0.3) is 0 Å². The number of hydrogen-bond acceptors (Lipinski definition) is 4. The minimum Gasteiger partial charge on any atom is -0.463 e. The molecule has 0 spiro atoms. The molecule has 0 aliphatic carbocycles. The Kier molecular flexibility index (Phi) is 1.36. The highest BCUT2D eigenvalue weighted by molar-refractivity contribution is 5.89. The maximum Gasteiger partial charge on any atom is 0.337 e. The highest BCUT2D eigenvalue weighted by Crippen LogP contribution is 2.29. The first-order valence-corrected chi connectivity index (χ1v) is 5.10. The van der Waals surface area contributed by atoms with Gasteiger partial charge < -0.3 is 14.9 Å². The van der Waals surface area contributed by atoms with Crippen molar-refractivity contribution in [2.45, 2.75) is 45.6 Å². The first-order valence-electron chi connectivity index (χ1n) is 9.12. The first kappa shape index (κ1) is 4.98. The third-order valence-corrected chi connectivity index (χ3v) is 2.26. The van der Waals surface area contributed by atoms with E-state index in [0.29, 0.717) is 10.2 Å². The number of hydrogen-bond donors (Lipinski definition) is 1. The molecule has 0 aromatic rings. The Balaban J connectivity index is 2.79. The second-order valence-electron chi connectivity index (χ2n) is 3.47. The van der Waals surface area contributed by atoms with Crippen LogP contribution in [0.4, 0.5) is 0 Å². The van der Waals surface area contributed by atoms with E-state index in [1.807, 2.05) is 0 Å². The minimum atomic E-state index is -2.66. The summed E-state index contributed by atoms with van der Waals surface area (Å²) in [4.78, 5) is 12.8. The van der Waals surface area contributed by atoms with Gasteiger partial charge in [0.05, 0.1) is 14.9 Å². The van der Waals surface area contributed by atoms with Gasteiger partial charge in [-0.1, -0.05) is 0 Å². The van der Waals surface area contributed by atoms with Gasteiger partial charge in [0.1, 0.15) is 5.82 Å². The van der Waals surface area contributed by atoms with Crippen molar-refractivity contribution in [3.05, 3.63) is 11.4 Å². The fourth-order valence-corrected chi connectivity index (χ4v) is 1.60. The molecule has 2 aliphatic heterocycles. The van der Waals surface area contributed by atoms with Crippen LogP contribution in [0.2, 0.25) is 1.41 Å². The number of ether oxygens (including phenoxy) is 1. The van der Waals surface area contributed by atoms with E-state index in [0.717, 1.165) is 13.8 Å². The first-order chi connectivity index (χ1) is 10.7. The van der Waals surface area contributed by atoms with Crippen LogP contribution in [0.1, 0.15) is 43.1 Å². The lowest BCUT2D eigenvalue weighted by atomic mass is 10.1. The molecule has 3 unspecified atom stereocenters. The predicted octanol–water partition coefficient (Wildman–Crippen LogP) is 1.24. The lowest BCUT2D eigenvalue weighted by molar-refractivity contribution is -0.138. The van der Waals surface area contributed by atoms with Crippen molar-refractivity contribution in [3.63, 3.8) is 0 Å². The van der Waals surface area contributed by atoms with E-state index in [2.05, 4.69) is 0 Å². The van der Waals surface area contributed by atoms with Gasteiger partial charge in [0.15, 0.2) is 1.41 Å². The monoisotopic (exact) mass is 232 g/mol. The minimum absolute atomic E-state index is 0.0273. The summed E-state index contributed by atoms with van der Waals surface area (Å²) >= 11 is 0. The zero-order valence-electron chi connectivity index (χ0n) is 17.5. The molecule has 0 radical (unpaired) electrons. The molecule has 2 rings (SSSR count). The third kappa shape index (κ3) is 1.88. The second kappa shape index (κ2) is 4.36. The van der Waals surface area contributed by atoms with E-state index < -0.39 is 48.7 Å². The van der Waals surface area contributed by atoms with Crippen molar-refractivity contribution in [1.29, 1.82) is 0 Å². The van der Waals surface area contributed by atoms with E-state index in [1.54, 1.807) is 0 Å². The topological polar surface area (TPSA) is 41.6 Å². The lowest BCUT2D eigenvalue weighted by Crippen LogP contribution is -2.47. The van der Waals surface area contributed by atoms with Crippen LogP contribution >= 0.6 is 0 Å². The SMILES string of the molecule is [2H]C1C(C(=O)OCC)=C2N([2H])C([2H])(C)C([2H])([2H])C([2H])(C)N2C1([2H])[2H]. The molecule has 0 bridgehead atoms. The standard InChI is InChI=1S/C12H20N2O2/c1-4-16-12(15)10-5-6-14-9(3)7-8(2)13-11(10)14/h8-9,13H,4-7H2,1-3H3/i5D,6D2,7D2,8D,9D/hD. The Morgan fingerprint density at radius 2 is 2.56 bits per heavy atom. The van der Waals surface area contributed by atoms with Crippen LogP contribution in [0.15, 0.2) is 11.4 Å². The Labute approximate surface area is 108 Å². The lowest BCUT2D eigenvalue weighted by Gasteiger charge is -2.38. The summed E-state index contributed by atoms with van der Waals surface area (Å²) < 4.78 is 70.1. The molecular formula is C12H20N2O2. The molecule has 0 aromatic carbocycles. The van der Waals surface area contributed by atoms with Crippen molar-refractivity contribution in [2.24, 2.45) is 0 Å². The van der Waals surface area contributed by atoms with Gasteiger partial charge >= 0.3 is 5.97 Å². The predicted molar refractivity (Wildman–Crippen MR) is 61.7 cm³/mol. The van der Waals surface area contributed by atoms with E-state index in [4.69, 9.17) is 15.7 Å². The number of nitrogens with one attached hydrogen (secondary N) is 1. The summed E-state index contributed by atoms with van der Waals surface area (Å²) in [5.41, 5.74) is -0.482. The fraction of sp³-hybridized carbons (Fsp3) is 0.750. The van der Waals surface area contributed by atoms with Crippen LogP contribution in [0.5, 0.6) is 0 Å². The number of esters is 1. The molecule has 0 aromatic heterocycles. The summed E-state index contributed by atoms with van der Waals surface area (Å²) in [6, 6.07) is -4.61. The molecule has 4 nitrogen and oxygen atoms in total. The summed E-state index contributed by atoms with van der Waals surface area (Å²) in [7, 11) is 0. The highest BCUT2D eigenvalue weighted by Gasteiger charge is 2.35. The maximum atomic E-state index is 12.2. The maximum absolute atomic E-state index is 12.2. The van der Waals surface area contributed by atoms with Gasteiger partial charge in [-0.2, -0.15) is 0 Å². The molecule has 2 aliphatic rings. The highest BCUT2D eigenvalue weighted by atomic mass is 16.5. The molecule has 90 valence electrons. The molecule has 4 heteroatoms. The van der Waals surface area contributed by atoms with Crippen LogP contribution in [0.3, 0.4) is 0 Å². The summed E-state index contributed by atoms with van der Waals surface area (Å²) in [5, 5.41) is 0.363. The Morgan fingerprint density at radius 3 is 3.25 bits per heavy atom. The Bertz CT molecular complexity index is 604. The molecule has 2 heterocycles. The van der Waals surface area contributed by atoms with Crippen LogP contribution < -0.4 is 5.31 Å². The van der Waals surface area contributed by atoms with E-state index in [9.17, 15) is 4.79 Å². The molecule has 16 heavy (non-hydrogen) atoms. The molecule has 0 saturated carbocycles. The van der Waals surface area contributed by atoms with Gasteiger partial charge in [-0.05, 0) is 27.1 Å². The Hall–Kier alpha value is -1.19. The zero-order chi connectivity index (χ0) is 18.9. The quantitative estimate of drug-likeness (QED) is 0.727. The fourth-order valence-electron chi connectivity index (χ4n) is 1.60. The van der Waals surface area contributed by atoms with Crippen LogP contribution in [0, 0.1) is 0 Å². The molecule has 1 N–H and O–H groups in total. The van der Waals surface area contributed by atoms with Gasteiger partial charge in [-0.15, -0.1) is 0 Å². The second-order valence-corrected chi connectivity index (χ2v) is 3.47. The van der Waals surface area contributed by atoms with E-state index in [1.165, 1.54) is 6.92 Å². The smallest absolute Gasteiger partial charge is 0.337 e. The Morgan fingerprint density at radius 1 is 1.81 bits per heavy atom. The summed E-state index contributed by atoms with van der Waals surface area (Å²) in [6.45, 7) is 1.04. The largest absolute Gasteiger partial charge is 0.463 e. The van der Waals surface area contributed by atoms with Gasteiger partial charge in [0, 0.05) is 31.8 Å². The number of nitrogens with zero attached hydrogens (tertiary/aromatic N) is 1. The van der Waals surface area contributed by atoms with Crippen molar-refractivity contribution >= 4 is 5.97 Å². The summed E-state index contributed by atoms with van der Waals surface area (Å²) in [6.07, 6.45) is -4.46. The van der Waals surface area contributed by atoms with Crippen LogP contribution in [0.25, 0.3) is 0 Å². The molecule has 0 amide bonds. The number of rotatable bonds is 2. The van der Waals surface area contributed by atoms with E-state index >= 15 is 0 Å². The third-order valence-electron chi connectivity index (χ3n) is 2.26. The van der Waals surface area contributed by atoms with Crippen molar-refractivity contribution in [3.8, 4) is 0 Å². The van der Waals surface area contributed by atoms with Gasteiger partial charge in [-0.25, -0.2) is 4.79 Å². The summed E-state index contributed by atoms with van der Waals surface area (Å²) in [5.74, 6) is -1.48. The van der Waals surface area contributed by atoms with Crippen molar-refractivity contribution in [1.82, 2.24) is 10.2 Å². The van der Waals surface area contributed by atoms with Gasteiger partial charge in [-0.3, -0.25) is 0 Å². The normalized spacial score (nSPS) is 56.8. The van der Waals surface area contributed by atoms with Crippen LogP contribution in [-0.4, -0.2) is 36.0 Å². The van der Waals surface area contributed by atoms with Crippen molar-refractivity contribution in [2.75, 3.05) is 13.1 Å². The molecular weight excluding hydrogens is 204 g/mol.